The number of ketones is 1. The van der Waals surface area contributed by atoms with Crippen LogP contribution in [-0.2, 0) is 0 Å². The van der Waals surface area contributed by atoms with Gasteiger partial charge < -0.3 is 0 Å². The SMILES string of the molecule is CCC(C)CC(=O)c1ccc(Cl)cc1C. The summed E-state index contributed by atoms with van der Waals surface area (Å²) in [4.78, 5) is 11.9. The summed E-state index contributed by atoms with van der Waals surface area (Å²) < 4.78 is 0. The van der Waals surface area contributed by atoms with Crippen molar-refractivity contribution in [3.8, 4) is 0 Å². The van der Waals surface area contributed by atoms with E-state index in [9.17, 15) is 4.79 Å². The molecule has 0 saturated heterocycles. The molecular weight excluding hydrogens is 208 g/mol. The van der Waals surface area contributed by atoms with E-state index in [0.717, 1.165) is 17.5 Å². The highest BCUT2D eigenvalue weighted by Crippen LogP contribution is 2.19. The number of carbonyl (C=O) groups is 1. The Kier molecular flexibility index (Phi) is 4.34. The summed E-state index contributed by atoms with van der Waals surface area (Å²) in [5.74, 6) is 0.672. The molecule has 0 amide bonds. The Labute approximate surface area is 96.5 Å². The molecule has 1 aromatic carbocycles. The standard InChI is InChI=1S/C13H17ClO/c1-4-9(2)7-13(15)12-6-5-11(14)8-10(12)3/h5-6,8-9H,4,7H2,1-3H3. The molecule has 15 heavy (non-hydrogen) atoms. The largest absolute Gasteiger partial charge is 0.294 e. The molecule has 1 aromatic rings. The first-order valence-corrected chi connectivity index (χ1v) is 5.71. The van der Waals surface area contributed by atoms with Gasteiger partial charge in [0.1, 0.15) is 0 Å². The van der Waals surface area contributed by atoms with Gasteiger partial charge in [-0.3, -0.25) is 4.79 Å². The van der Waals surface area contributed by atoms with E-state index in [1.807, 2.05) is 19.1 Å². The highest BCUT2D eigenvalue weighted by atomic mass is 35.5. The van der Waals surface area contributed by atoms with E-state index in [2.05, 4.69) is 13.8 Å². The molecular formula is C13H17ClO. The van der Waals surface area contributed by atoms with Gasteiger partial charge in [0.05, 0.1) is 0 Å². The van der Waals surface area contributed by atoms with E-state index < -0.39 is 0 Å². The quantitative estimate of drug-likeness (QED) is 0.699. The summed E-state index contributed by atoms with van der Waals surface area (Å²) in [6, 6.07) is 5.44. The number of hydrogen-bond donors (Lipinski definition) is 0. The Morgan fingerprint density at radius 2 is 2.13 bits per heavy atom. The fourth-order valence-corrected chi connectivity index (χ4v) is 1.74. The van der Waals surface area contributed by atoms with Crippen molar-refractivity contribution in [2.24, 2.45) is 5.92 Å². The summed E-state index contributed by atoms with van der Waals surface area (Å²) in [6.45, 7) is 6.13. The Hall–Kier alpha value is -0.820. The highest BCUT2D eigenvalue weighted by molar-refractivity contribution is 6.30. The lowest BCUT2D eigenvalue weighted by atomic mass is 9.95. The average Bonchev–Trinajstić information content (AvgIpc) is 2.17. The lowest BCUT2D eigenvalue weighted by Gasteiger charge is -2.09. The van der Waals surface area contributed by atoms with Gasteiger partial charge in [-0.25, -0.2) is 0 Å². The summed E-state index contributed by atoms with van der Waals surface area (Å²) in [6.07, 6.45) is 1.66. The second-order valence-corrected chi connectivity index (χ2v) is 4.54. The fourth-order valence-electron chi connectivity index (χ4n) is 1.51. The smallest absolute Gasteiger partial charge is 0.163 e. The van der Waals surface area contributed by atoms with Crippen LogP contribution in [0.2, 0.25) is 5.02 Å². The van der Waals surface area contributed by atoms with Gasteiger partial charge in [-0.15, -0.1) is 0 Å². The Bertz CT molecular complexity index is 358. The minimum absolute atomic E-state index is 0.221. The molecule has 0 radical (unpaired) electrons. The first-order valence-electron chi connectivity index (χ1n) is 5.34. The number of halogens is 1. The zero-order valence-electron chi connectivity index (χ0n) is 9.51. The topological polar surface area (TPSA) is 17.1 Å². The predicted molar refractivity (Wildman–Crippen MR) is 64.6 cm³/mol. The number of aryl methyl sites for hydroxylation is 1. The van der Waals surface area contributed by atoms with Crippen molar-refractivity contribution < 1.29 is 4.79 Å². The summed E-state index contributed by atoms with van der Waals surface area (Å²) in [5, 5.41) is 0.688. The van der Waals surface area contributed by atoms with Crippen LogP contribution in [0.4, 0.5) is 0 Å². The summed E-state index contributed by atoms with van der Waals surface area (Å²) in [7, 11) is 0. The molecule has 2 heteroatoms. The van der Waals surface area contributed by atoms with Crippen molar-refractivity contribution in [3.63, 3.8) is 0 Å². The Morgan fingerprint density at radius 1 is 1.47 bits per heavy atom. The van der Waals surface area contributed by atoms with E-state index in [0.29, 0.717) is 17.4 Å². The third-order valence-corrected chi connectivity index (χ3v) is 2.95. The molecule has 1 nitrogen and oxygen atoms in total. The summed E-state index contributed by atoms with van der Waals surface area (Å²) in [5.41, 5.74) is 1.77. The van der Waals surface area contributed by atoms with Gasteiger partial charge in [0.25, 0.3) is 0 Å². The Balaban J connectivity index is 2.82. The lowest BCUT2D eigenvalue weighted by molar-refractivity contribution is 0.0963. The van der Waals surface area contributed by atoms with E-state index in [4.69, 9.17) is 11.6 Å². The molecule has 1 unspecified atom stereocenters. The van der Waals surface area contributed by atoms with E-state index >= 15 is 0 Å². The fraction of sp³-hybridized carbons (Fsp3) is 0.462. The first kappa shape index (κ1) is 12.3. The second kappa shape index (κ2) is 5.32. The van der Waals surface area contributed by atoms with Gasteiger partial charge in [0.15, 0.2) is 5.78 Å². The molecule has 0 fully saturated rings. The van der Waals surface area contributed by atoms with Gasteiger partial charge in [-0.1, -0.05) is 31.9 Å². The number of carbonyl (C=O) groups excluding carboxylic acids is 1. The molecule has 0 aromatic heterocycles. The summed E-state index contributed by atoms with van der Waals surface area (Å²) >= 11 is 5.84. The van der Waals surface area contributed by atoms with Crippen LogP contribution in [0.1, 0.15) is 42.6 Å². The molecule has 1 atom stereocenters. The lowest BCUT2D eigenvalue weighted by Crippen LogP contribution is -2.06. The molecule has 0 aliphatic carbocycles. The highest BCUT2D eigenvalue weighted by Gasteiger charge is 2.12. The minimum atomic E-state index is 0.221. The number of Topliss-reactive ketones (excluding diaryl/α,β-unsaturated/α-hetero) is 1. The molecule has 0 saturated carbocycles. The third kappa shape index (κ3) is 3.35. The van der Waals surface area contributed by atoms with Gasteiger partial charge >= 0.3 is 0 Å². The van der Waals surface area contributed by atoms with Crippen LogP contribution in [0, 0.1) is 12.8 Å². The molecule has 0 aliphatic heterocycles. The number of benzene rings is 1. The van der Waals surface area contributed by atoms with Gasteiger partial charge in [0, 0.05) is 17.0 Å². The predicted octanol–water partition coefficient (Wildman–Crippen LogP) is 4.27. The van der Waals surface area contributed by atoms with Crippen LogP contribution in [0.15, 0.2) is 18.2 Å². The number of rotatable bonds is 4. The maximum Gasteiger partial charge on any atom is 0.163 e. The second-order valence-electron chi connectivity index (χ2n) is 4.10. The van der Waals surface area contributed by atoms with Gasteiger partial charge in [0.2, 0.25) is 0 Å². The van der Waals surface area contributed by atoms with Crippen LogP contribution in [0.3, 0.4) is 0 Å². The van der Waals surface area contributed by atoms with E-state index in [1.165, 1.54) is 0 Å². The minimum Gasteiger partial charge on any atom is -0.294 e. The maximum absolute atomic E-state index is 11.9. The van der Waals surface area contributed by atoms with Crippen molar-refractivity contribution in [2.45, 2.75) is 33.6 Å². The Morgan fingerprint density at radius 3 is 2.67 bits per heavy atom. The third-order valence-electron chi connectivity index (χ3n) is 2.72. The molecule has 0 heterocycles. The maximum atomic E-state index is 11.9. The normalized spacial score (nSPS) is 12.5. The molecule has 0 bridgehead atoms. The number of hydrogen-bond acceptors (Lipinski definition) is 1. The van der Waals surface area contributed by atoms with Gasteiger partial charge in [-0.05, 0) is 36.6 Å². The molecule has 0 spiro atoms. The zero-order valence-corrected chi connectivity index (χ0v) is 10.3. The molecule has 0 N–H and O–H groups in total. The van der Waals surface area contributed by atoms with E-state index in [1.54, 1.807) is 6.07 Å². The van der Waals surface area contributed by atoms with E-state index in [-0.39, 0.29) is 5.78 Å². The monoisotopic (exact) mass is 224 g/mol. The van der Waals surface area contributed by atoms with Crippen LogP contribution < -0.4 is 0 Å². The zero-order chi connectivity index (χ0) is 11.4. The molecule has 82 valence electrons. The van der Waals surface area contributed by atoms with Crippen molar-refractivity contribution >= 4 is 17.4 Å². The average molecular weight is 225 g/mol. The van der Waals surface area contributed by atoms with Crippen LogP contribution in [-0.4, -0.2) is 5.78 Å². The van der Waals surface area contributed by atoms with Crippen molar-refractivity contribution in [3.05, 3.63) is 34.3 Å². The molecule has 1 rings (SSSR count). The molecule has 0 aliphatic rings. The van der Waals surface area contributed by atoms with Crippen LogP contribution >= 0.6 is 11.6 Å². The van der Waals surface area contributed by atoms with Crippen LogP contribution in [0.25, 0.3) is 0 Å². The van der Waals surface area contributed by atoms with Crippen molar-refractivity contribution in [1.29, 1.82) is 0 Å². The van der Waals surface area contributed by atoms with Crippen molar-refractivity contribution in [2.75, 3.05) is 0 Å². The first-order chi connectivity index (χ1) is 7.04. The van der Waals surface area contributed by atoms with Gasteiger partial charge in [-0.2, -0.15) is 0 Å². The van der Waals surface area contributed by atoms with Crippen molar-refractivity contribution in [1.82, 2.24) is 0 Å². The van der Waals surface area contributed by atoms with Crippen LogP contribution in [0.5, 0.6) is 0 Å².